The predicted octanol–water partition coefficient (Wildman–Crippen LogP) is 10.4. The maximum Gasteiger partial charge on any atom is 0.0482 e. The van der Waals surface area contributed by atoms with Gasteiger partial charge < -0.3 is 0 Å². The first-order chi connectivity index (χ1) is 16.8. The van der Waals surface area contributed by atoms with Crippen molar-refractivity contribution in [2.45, 2.75) is 83.0 Å². The Morgan fingerprint density at radius 1 is 0.543 bits per heavy atom. The zero-order valence-corrected chi connectivity index (χ0v) is 24.6. The Balaban J connectivity index is 0.00000432. The van der Waals surface area contributed by atoms with Gasteiger partial charge in [-0.3, -0.25) is 0 Å². The lowest BCUT2D eigenvalue weighted by molar-refractivity contribution is 0.368. The van der Waals surface area contributed by atoms with E-state index in [2.05, 4.69) is 107 Å². The van der Waals surface area contributed by atoms with E-state index in [1.54, 1.807) is 0 Å². The van der Waals surface area contributed by atoms with E-state index in [-0.39, 0.29) is 22.4 Å². The first-order valence-corrected chi connectivity index (χ1v) is 14.5. The molecule has 3 aromatic carbocycles. The van der Waals surface area contributed by atoms with Crippen molar-refractivity contribution in [1.82, 2.24) is 0 Å². The molecule has 0 aromatic heterocycles. The van der Waals surface area contributed by atoms with Crippen molar-refractivity contribution in [2.24, 2.45) is 5.92 Å². The van der Waals surface area contributed by atoms with Crippen molar-refractivity contribution < 1.29 is 0 Å². The van der Waals surface area contributed by atoms with E-state index in [1.807, 2.05) is 0 Å². The minimum Gasteiger partial charge on any atom is -0.137 e. The van der Waals surface area contributed by atoms with Crippen LogP contribution in [0.1, 0.15) is 94.2 Å². The minimum atomic E-state index is -0.134. The fourth-order valence-corrected chi connectivity index (χ4v) is 6.29. The van der Waals surface area contributed by atoms with E-state index in [4.69, 9.17) is 0 Å². The van der Waals surface area contributed by atoms with Crippen molar-refractivity contribution in [3.05, 3.63) is 108 Å². The molecule has 0 heterocycles. The summed E-state index contributed by atoms with van der Waals surface area (Å²) in [5.74, 6) is 0.527. The average molecular weight is 554 g/mol. The van der Waals surface area contributed by atoms with Crippen LogP contribution in [0, 0.1) is 5.92 Å². The molecule has 0 nitrogen and oxygen atoms in total. The fourth-order valence-electron chi connectivity index (χ4n) is 5.70. The standard InChI is InChI=1S/C33H45P.BrH/c1-2-3-4-5-6-7-8-9-10-14-27-32(28-34)33(29-21-15-11-16-22-29,30-23-17-12-18-24-30)31-25-19-13-20-26-31;/h11-13,15-26,32H,2-10,14,27-28,34H2,1H3;1H. The zero-order chi connectivity index (χ0) is 23.9. The van der Waals surface area contributed by atoms with Gasteiger partial charge in [0, 0.05) is 5.41 Å². The molecule has 2 atom stereocenters. The SMILES string of the molecule is Br.CCCCCCCCCCCCC(CP)C(c1ccccc1)(c1ccccc1)c1ccccc1. The van der Waals surface area contributed by atoms with Crippen molar-refractivity contribution in [2.75, 3.05) is 6.16 Å². The van der Waals surface area contributed by atoms with E-state index in [9.17, 15) is 0 Å². The predicted molar refractivity (Wildman–Crippen MR) is 164 cm³/mol. The van der Waals surface area contributed by atoms with Crippen LogP contribution in [0.3, 0.4) is 0 Å². The van der Waals surface area contributed by atoms with Crippen molar-refractivity contribution in [3.8, 4) is 0 Å². The monoisotopic (exact) mass is 552 g/mol. The Hall–Kier alpha value is -1.43. The summed E-state index contributed by atoms with van der Waals surface area (Å²) >= 11 is 0. The second-order valence-corrected chi connectivity index (χ2v) is 10.3. The third kappa shape index (κ3) is 8.30. The lowest BCUT2D eigenvalue weighted by atomic mass is 9.61. The minimum absolute atomic E-state index is 0. The molecule has 2 heteroatoms. The second kappa shape index (κ2) is 17.1. The van der Waals surface area contributed by atoms with Crippen molar-refractivity contribution in [3.63, 3.8) is 0 Å². The van der Waals surface area contributed by atoms with Gasteiger partial charge in [0.2, 0.25) is 0 Å². The third-order valence-corrected chi connectivity index (χ3v) is 8.06. The smallest absolute Gasteiger partial charge is 0.0482 e. The van der Waals surface area contributed by atoms with Gasteiger partial charge in [0.1, 0.15) is 0 Å². The first-order valence-electron chi connectivity index (χ1n) is 13.7. The Morgan fingerprint density at radius 2 is 0.886 bits per heavy atom. The molecule has 0 aliphatic carbocycles. The number of hydrogen-bond acceptors (Lipinski definition) is 0. The lowest BCUT2D eigenvalue weighted by Crippen LogP contribution is -2.39. The number of hydrogen-bond donors (Lipinski definition) is 0. The highest BCUT2D eigenvalue weighted by Crippen LogP contribution is 2.47. The normalized spacial score (nSPS) is 12.2. The molecule has 35 heavy (non-hydrogen) atoms. The van der Waals surface area contributed by atoms with Gasteiger partial charge in [0.15, 0.2) is 0 Å². The van der Waals surface area contributed by atoms with Gasteiger partial charge in [-0.2, -0.15) is 0 Å². The molecule has 0 fully saturated rings. The number of rotatable bonds is 16. The molecule has 0 spiro atoms. The van der Waals surface area contributed by atoms with E-state index in [1.165, 1.54) is 87.3 Å². The van der Waals surface area contributed by atoms with Crippen LogP contribution in [-0.4, -0.2) is 6.16 Å². The van der Waals surface area contributed by atoms with Crippen LogP contribution in [0.15, 0.2) is 91.0 Å². The summed E-state index contributed by atoms with van der Waals surface area (Å²) in [6.07, 6.45) is 16.2. The summed E-state index contributed by atoms with van der Waals surface area (Å²) in [7, 11) is 3.09. The fraction of sp³-hybridized carbons (Fsp3) is 0.455. The summed E-state index contributed by atoms with van der Waals surface area (Å²) in [5, 5.41) is 0. The quantitative estimate of drug-likeness (QED) is 0.0940. The topological polar surface area (TPSA) is 0 Å². The highest BCUT2D eigenvalue weighted by Gasteiger charge is 2.42. The van der Waals surface area contributed by atoms with E-state index in [0.29, 0.717) is 5.92 Å². The molecule has 3 rings (SSSR count). The van der Waals surface area contributed by atoms with Crippen LogP contribution >= 0.6 is 26.2 Å². The summed E-state index contributed by atoms with van der Waals surface area (Å²) in [6.45, 7) is 2.30. The van der Waals surface area contributed by atoms with Crippen LogP contribution in [0.4, 0.5) is 0 Å². The summed E-state index contributed by atoms with van der Waals surface area (Å²) < 4.78 is 0. The first kappa shape index (κ1) is 29.8. The molecule has 190 valence electrons. The maximum atomic E-state index is 3.09. The molecular formula is C33H46BrP. The molecular weight excluding hydrogens is 507 g/mol. The largest absolute Gasteiger partial charge is 0.137 e. The Labute approximate surface area is 228 Å². The van der Waals surface area contributed by atoms with Gasteiger partial charge in [-0.1, -0.05) is 162 Å². The van der Waals surface area contributed by atoms with Crippen molar-refractivity contribution in [1.29, 1.82) is 0 Å². The Kier molecular flexibility index (Phi) is 14.6. The Bertz CT molecular complexity index is 797. The van der Waals surface area contributed by atoms with Gasteiger partial charge in [-0.25, -0.2) is 0 Å². The molecule has 0 aliphatic heterocycles. The summed E-state index contributed by atoms with van der Waals surface area (Å²) in [5.41, 5.74) is 4.09. The number of halogens is 1. The van der Waals surface area contributed by atoms with Crippen LogP contribution in [0.5, 0.6) is 0 Å². The van der Waals surface area contributed by atoms with Crippen LogP contribution < -0.4 is 0 Å². The molecule has 0 aliphatic rings. The second-order valence-electron chi connectivity index (χ2n) is 9.81. The van der Waals surface area contributed by atoms with Gasteiger partial charge in [-0.05, 0) is 35.2 Å². The molecule has 3 aromatic rings. The van der Waals surface area contributed by atoms with Gasteiger partial charge in [-0.15, -0.1) is 26.2 Å². The average Bonchev–Trinajstić information content (AvgIpc) is 2.91. The zero-order valence-electron chi connectivity index (χ0n) is 21.7. The molecule has 0 saturated carbocycles. The highest BCUT2D eigenvalue weighted by molar-refractivity contribution is 8.93. The molecule has 0 saturated heterocycles. The third-order valence-electron chi connectivity index (χ3n) is 7.49. The van der Waals surface area contributed by atoms with E-state index >= 15 is 0 Å². The molecule has 0 radical (unpaired) electrons. The highest BCUT2D eigenvalue weighted by atomic mass is 79.9. The summed E-state index contributed by atoms with van der Waals surface area (Å²) in [6, 6.07) is 33.7. The molecule has 2 unspecified atom stereocenters. The number of benzene rings is 3. The van der Waals surface area contributed by atoms with Gasteiger partial charge in [0.25, 0.3) is 0 Å². The molecule has 0 N–H and O–H groups in total. The van der Waals surface area contributed by atoms with Crippen molar-refractivity contribution >= 4 is 26.2 Å². The Morgan fingerprint density at radius 3 is 1.23 bits per heavy atom. The summed E-state index contributed by atoms with van der Waals surface area (Å²) in [4.78, 5) is 0. The lowest BCUT2D eigenvalue weighted by Gasteiger charge is -2.43. The van der Waals surface area contributed by atoms with Crippen LogP contribution in [0.2, 0.25) is 0 Å². The van der Waals surface area contributed by atoms with Crippen LogP contribution in [-0.2, 0) is 5.41 Å². The van der Waals surface area contributed by atoms with E-state index < -0.39 is 0 Å². The molecule has 0 amide bonds. The molecule has 0 bridgehead atoms. The maximum absolute atomic E-state index is 3.09. The van der Waals surface area contributed by atoms with Gasteiger partial charge in [0.05, 0.1) is 0 Å². The van der Waals surface area contributed by atoms with Crippen LogP contribution in [0.25, 0.3) is 0 Å². The van der Waals surface area contributed by atoms with Gasteiger partial charge >= 0.3 is 0 Å². The number of unbranched alkanes of at least 4 members (excludes halogenated alkanes) is 9. The van der Waals surface area contributed by atoms with E-state index in [0.717, 1.165) is 6.16 Å².